The topological polar surface area (TPSA) is 73.1 Å². The lowest BCUT2D eigenvalue weighted by molar-refractivity contribution is 0.126. The molecule has 180 valence electrons. The van der Waals surface area contributed by atoms with Crippen LogP contribution in [0.1, 0.15) is 0 Å². The number of rotatable bonds is 9. The minimum absolute atomic E-state index is 0.138. The van der Waals surface area contributed by atoms with Crippen LogP contribution in [0.3, 0.4) is 0 Å². The Morgan fingerprint density at radius 2 is 1.50 bits per heavy atom. The number of nitrogens with zero attached hydrogens (tertiary/aromatic N) is 4. The van der Waals surface area contributed by atoms with Crippen molar-refractivity contribution in [3.05, 3.63) is 109 Å². The lowest BCUT2D eigenvalue weighted by Gasteiger charge is -2.14. The molecule has 5 rings (SSSR count). The van der Waals surface area contributed by atoms with E-state index in [0.29, 0.717) is 22.5 Å². The number of halogens is 1. The van der Waals surface area contributed by atoms with Crippen LogP contribution >= 0.6 is 11.8 Å². The van der Waals surface area contributed by atoms with E-state index in [2.05, 4.69) is 27.3 Å². The molecule has 1 unspecified atom stereocenters. The van der Waals surface area contributed by atoms with Crippen molar-refractivity contribution in [2.75, 3.05) is 12.4 Å². The number of hydrogen-bond donors (Lipinski definition) is 1. The maximum Gasteiger partial charge on any atom is 0.196 e. The number of aromatic nitrogens is 4. The fourth-order valence-corrected chi connectivity index (χ4v) is 4.52. The van der Waals surface area contributed by atoms with Crippen LogP contribution in [0.2, 0.25) is 0 Å². The van der Waals surface area contributed by atoms with Crippen molar-refractivity contribution in [3.63, 3.8) is 0 Å². The van der Waals surface area contributed by atoms with E-state index >= 15 is 0 Å². The Labute approximate surface area is 212 Å². The standard InChI is InChI=1S/C28H23FN4O2S/c29-23-8-10-24(11-9-23)33-27(22-14-16-30-17-15-22)31-32-28(33)36-19-25(34)18-35-26-12-6-21(7-13-26)20-4-2-1-3-5-20/h1-17,25,34H,18-19H2. The first kappa shape index (κ1) is 23.7. The Hall–Kier alpha value is -4.01. The Morgan fingerprint density at radius 1 is 0.806 bits per heavy atom. The lowest BCUT2D eigenvalue weighted by Crippen LogP contribution is -2.20. The summed E-state index contributed by atoms with van der Waals surface area (Å²) >= 11 is 1.35. The Balaban J connectivity index is 1.25. The van der Waals surface area contributed by atoms with Crippen molar-refractivity contribution in [1.82, 2.24) is 19.7 Å². The molecule has 2 aromatic heterocycles. The van der Waals surface area contributed by atoms with E-state index in [1.165, 1.54) is 23.9 Å². The first-order valence-corrected chi connectivity index (χ1v) is 12.4. The van der Waals surface area contributed by atoms with E-state index in [-0.39, 0.29) is 12.4 Å². The highest BCUT2D eigenvalue weighted by molar-refractivity contribution is 7.99. The molecule has 0 spiro atoms. The van der Waals surface area contributed by atoms with E-state index in [9.17, 15) is 9.50 Å². The van der Waals surface area contributed by atoms with E-state index in [1.807, 2.05) is 59.2 Å². The molecule has 3 aromatic carbocycles. The number of hydrogen-bond acceptors (Lipinski definition) is 6. The number of benzene rings is 3. The third-order valence-corrected chi connectivity index (χ3v) is 6.54. The predicted octanol–water partition coefficient (Wildman–Crippen LogP) is 5.67. The fraction of sp³-hybridized carbons (Fsp3) is 0.107. The van der Waals surface area contributed by atoms with E-state index < -0.39 is 6.10 Å². The highest BCUT2D eigenvalue weighted by Gasteiger charge is 2.18. The van der Waals surface area contributed by atoms with Crippen molar-refractivity contribution < 1.29 is 14.2 Å². The highest BCUT2D eigenvalue weighted by Crippen LogP contribution is 2.28. The quantitative estimate of drug-likeness (QED) is 0.264. The molecule has 36 heavy (non-hydrogen) atoms. The maximum atomic E-state index is 13.5. The molecule has 0 saturated heterocycles. The summed E-state index contributed by atoms with van der Waals surface area (Å²) in [6, 6.07) is 27.7. The van der Waals surface area contributed by atoms with Gasteiger partial charge in [0.05, 0.1) is 6.10 Å². The summed E-state index contributed by atoms with van der Waals surface area (Å²) in [5.74, 6) is 1.32. The first-order chi connectivity index (χ1) is 17.7. The van der Waals surface area contributed by atoms with Gasteiger partial charge in [-0.15, -0.1) is 10.2 Å². The van der Waals surface area contributed by atoms with Gasteiger partial charge in [-0.05, 0) is 59.7 Å². The number of aliphatic hydroxyl groups is 1. The molecular formula is C28H23FN4O2S. The molecule has 0 saturated carbocycles. The number of ether oxygens (including phenoxy) is 1. The van der Waals surface area contributed by atoms with Crippen LogP contribution < -0.4 is 4.74 Å². The zero-order valence-electron chi connectivity index (χ0n) is 19.2. The molecule has 2 heterocycles. The van der Waals surface area contributed by atoms with Crippen molar-refractivity contribution in [2.45, 2.75) is 11.3 Å². The molecule has 1 atom stereocenters. The summed E-state index contributed by atoms with van der Waals surface area (Å²) in [4.78, 5) is 4.06. The monoisotopic (exact) mass is 498 g/mol. The molecule has 1 N–H and O–H groups in total. The van der Waals surface area contributed by atoms with Gasteiger partial charge in [0.25, 0.3) is 0 Å². The van der Waals surface area contributed by atoms with Gasteiger partial charge in [-0.2, -0.15) is 0 Å². The molecule has 0 aliphatic carbocycles. The zero-order chi connectivity index (χ0) is 24.7. The molecular weight excluding hydrogens is 475 g/mol. The molecule has 0 fully saturated rings. The van der Waals surface area contributed by atoms with Crippen LogP contribution in [0.4, 0.5) is 4.39 Å². The second-order valence-corrected chi connectivity index (χ2v) is 9.01. The minimum Gasteiger partial charge on any atom is -0.491 e. The molecule has 0 aliphatic heterocycles. The Kier molecular flexibility index (Phi) is 7.35. The molecule has 0 radical (unpaired) electrons. The zero-order valence-corrected chi connectivity index (χ0v) is 20.1. The Bertz CT molecular complexity index is 1400. The van der Waals surface area contributed by atoms with Crippen molar-refractivity contribution in [3.8, 4) is 34.0 Å². The van der Waals surface area contributed by atoms with Gasteiger partial charge >= 0.3 is 0 Å². The van der Waals surface area contributed by atoms with Crippen LogP contribution in [0.5, 0.6) is 5.75 Å². The van der Waals surface area contributed by atoms with Crippen LogP contribution in [-0.4, -0.2) is 43.3 Å². The molecule has 0 bridgehead atoms. The number of thioether (sulfide) groups is 1. The van der Waals surface area contributed by atoms with Gasteiger partial charge in [-0.3, -0.25) is 9.55 Å². The first-order valence-electron chi connectivity index (χ1n) is 11.4. The summed E-state index contributed by atoms with van der Waals surface area (Å²) in [7, 11) is 0. The van der Waals surface area contributed by atoms with Gasteiger partial charge in [0.2, 0.25) is 0 Å². The average Bonchev–Trinajstić information content (AvgIpc) is 3.36. The van der Waals surface area contributed by atoms with Gasteiger partial charge in [0, 0.05) is 29.4 Å². The van der Waals surface area contributed by atoms with E-state index in [1.54, 1.807) is 24.5 Å². The van der Waals surface area contributed by atoms with Gasteiger partial charge < -0.3 is 9.84 Å². The van der Waals surface area contributed by atoms with Gasteiger partial charge in [0.15, 0.2) is 11.0 Å². The SMILES string of the molecule is OC(COc1ccc(-c2ccccc2)cc1)CSc1nnc(-c2ccncc2)n1-c1ccc(F)cc1. The summed E-state index contributed by atoms with van der Waals surface area (Å²) in [6.45, 7) is 0.138. The van der Waals surface area contributed by atoms with Gasteiger partial charge in [-0.25, -0.2) is 4.39 Å². The number of pyridine rings is 1. The molecule has 5 aromatic rings. The number of aliphatic hydroxyl groups excluding tert-OH is 1. The summed E-state index contributed by atoms with van der Waals surface area (Å²) in [5.41, 5.74) is 3.79. The smallest absolute Gasteiger partial charge is 0.196 e. The van der Waals surface area contributed by atoms with E-state index in [4.69, 9.17) is 4.74 Å². The van der Waals surface area contributed by atoms with Crippen LogP contribution in [0.25, 0.3) is 28.2 Å². The largest absolute Gasteiger partial charge is 0.491 e. The minimum atomic E-state index is -0.730. The summed E-state index contributed by atoms with van der Waals surface area (Å²) < 4.78 is 21.2. The summed E-state index contributed by atoms with van der Waals surface area (Å²) in [5, 5.41) is 19.8. The summed E-state index contributed by atoms with van der Waals surface area (Å²) in [6.07, 6.45) is 2.63. The maximum absolute atomic E-state index is 13.5. The van der Waals surface area contributed by atoms with Crippen molar-refractivity contribution >= 4 is 11.8 Å². The van der Waals surface area contributed by atoms with Gasteiger partial charge in [-0.1, -0.05) is 54.2 Å². The van der Waals surface area contributed by atoms with Crippen LogP contribution in [0, 0.1) is 5.82 Å². The van der Waals surface area contributed by atoms with Crippen molar-refractivity contribution in [2.24, 2.45) is 0 Å². The molecule has 0 aliphatic rings. The fourth-order valence-electron chi connectivity index (χ4n) is 3.66. The normalized spacial score (nSPS) is 11.8. The van der Waals surface area contributed by atoms with Crippen molar-refractivity contribution in [1.29, 1.82) is 0 Å². The Morgan fingerprint density at radius 3 is 2.22 bits per heavy atom. The van der Waals surface area contributed by atoms with Crippen LogP contribution in [-0.2, 0) is 0 Å². The molecule has 0 amide bonds. The molecule has 6 nitrogen and oxygen atoms in total. The second-order valence-electron chi connectivity index (χ2n) is 8.02. The predicted molar refractivity (Wildman–Crippen MR) is 139 cm³/mol. The van der Waals surface area contributed by atoms with Crippen LogP contribution in [0.15, 0.2) is 109 Å². The lowest BCUT2D eigenvalue weighted by atomic mass is 10.1. The third-order valence-electron chi connectivity index (χ3n) is 5.47. The average molecular weight is 499 g/mol. The van der Waals surface area contributed by atoms with Gasteiger partial charge in [0.1, 0.15) is 18.2 Å². The third kappa shape index (κ3) is 5.62. The van der Waals surface area contributed by atoms with E-state index in [0.717, 1.165) is 22.4 Å². The molecule has 8 heteroatoms. The second kappa shape index (κ2) is 11.2. The highest BCUT2D eigenvalue weighted by atomic mass is 32.2.